The van der Waals surface area contributed by atoms with Crippen molar-refractivity contribution in [2.24, 2.45) is 0 Å². The molecule has 1 aromatic carbocycles. The van der Waals surface area contributed by atoms with Crippen LogP contribution in [0, 0.1) is 0 Å². The molecular formula is C17H19N3O6. The molecule has 0 radical (unpaired) electrons. The zero-order chi connectivity index (χ0) is 18.7. The molecule has 0 spiro atoms. The molecule has 9 nitrogen and oxygen atoms in total. The molecule has 0 bridgehead atoms. The van der Waals surface area contributed by atoms with Crippen LogP contribution in [-0.4, -0.2) is 51.6 Å². The van der Waals surface area contributed by atoms with Crippen LogP contribution >= 0.6 is 0 Å². The number of hydrogen-bond donors (Lipinski definition) is 3. The molecule has 3 rings (SSSR count). The Bertz CT molecular complexity index is 835. The molecule has 9 heteroatoms. The highest BCUT2D eigenvalue weighted by Crippen LogP contribution is 2.27. The van der Waals surface area contributed by atoms with Crippen molar-refractivity contribution in [1.82, 2.24) is 9.55 Å². The van der Waals surface area contributed by atoms with Crippen LogP contribution in [0.2, 0.25) is 0 Å². The predicted molar refractivity (Wildman–Crippen MR) is 91.1 cm³/mol. The number of nitrogens with zero attached hydrogens (tertiary/aromatic N) is 2. The van der Waals surface area contributed by atoms with Crippen LogP contribution in [0.15, 0.2) is 41.3 Å². The van der Waals surface area contributed by atoms with Gasteiger partial charge in [-0.3, -0.25) is 9.36 Å². The molecule has 2 aromatic rings. The summed E-state index contributed by atoms with van der Waals surface area (Å²) in [7, 11) is 1.53. The Morgan fingerprint density at radius 2 is 2.12 bits per heavy atom. The van der Waals surface area contributed by atoms with Crippen molar-refractivity contribution in [2.45, 2.75) is 24.9 Å². The largest absolute Gasteiger partial charge is 0.497 e. The number of hydrogen-bond acceptors (Lipinski definition) is 7. The van der Waals surface area contributed by atoms with Crippen molar-refractivity contribution in [2.75, 3.05) is 19.0 Å². The number of carbonyl (C=O) groups excluding carboxylic acids is 1. The normalized spacial score (nSPS) is 22.2. The number of carbonyl (C=O) groups is 1. The molecule has 1 unspecified atom stereocenters. The number of anilines is 1. The molecule has 138 valence electrons. The van der Waals surface area contributed by atoms with Crippen LogP contribution in [0.5, 0.6) is 5.75 Å². The number of nitrogens with one attached hydrogen (secondary N) is 1. The van der Waals surface area contributed by atoms with Crippen LogP contribution in [0.3, 0.4) is 0 Å². The van der Waals surface area contributed by atoms with Crippen LogP contribution in [-0.2, 0) is 4.74 Å². The first-order valence-corrected chi connectivity index (χ1v) is 8.01. The van der Waals surface area contributed by atoms with Crippen molar-refractivity contribution in [1.29, 1.82) is 0 Å². The van der Waals surface area contributed by atoms with Gasteiger partial charge < -0.3 is 25.0 Å². The van der Waals surface area contributed by atoms with Gasteiger partial charge in [0.15, 0.2) is 0 Å². The lowest BCUT2D eigenvalue weighted by molar-refractivity contribution is -0.0458. The van der Waals surface area contributed by atoms with Crippen LogP contribution < -0.4 is 15.7 Å². The first kappa shape index (κ1) is 18.1. The Balaban J connectivity index is 1.71. The molecule has 26 heavy (non-hydrogen) atoms. The van der Waals surface area contributed by atoms with E-state index < -0.39 is 30.0 Å². The predicted octanol–water partition coefficient (Wildman–Crippen LogP) is 0.145. The number of amides is 1. The second kappa shape index (κ2) is 7.65. The molecule has 2 heterocycles. The van der Waals surface area contributed by atoms with Crippen LogP contribution in [0.25, 0.3) is 0 Å². The molecule has 1 aliphatic heterocycles. The van der Waals surface area contributed by atoms with Gasteiger partial charge in [0.2, 0.25) is 0 Å². The van der Waals surface area contributed by atoms with E-state index in [1.165, 1.54) is 23.9 Å². The summed E-state index contributed by atoms with van der Waals surface area (Å²) in [6.07, 6.45) is -0.707. The number of ether oxygens (including phenoxy) is 2. The first-order valence-electron chi connectivity index (χ1n) is 8.01. The summed E-state index contributed by atoms with van der Waals surface area (Å²) in [6.45, 7) is -0.337. The molecule has 1 amide bonds. The molecule has 1 aromatic heterocycles. The smallest absolute Gasteiger partial charge is 0.351 e. The molecule has 3 atom stereocenters. The monoisotopic (exact) mass is 361 g/mol. The number of aromatic nitrogens is 2. The van der Waals surface area contributed by atoms with Crippen molar-refractivity contribution >= 4 is 11.7 Å². The van der Waals surface area contributed by atoms with Crippen molar-refractivity contribution in [3.63, 3.8) is 0 Å². The van der Waals surface area contributed by atoms with Gasteiger partial charge >= 0.3 is 5.69 Å². The fraction of sp³-hybridized carbons (Fsp3) is 0.353. The van der Waals surface area contributed by atoms with E-state index in [0.717, 1.165) is 0 Å². The Kier molecular flexibility index (Phi) is 5.31. The van der Waals surface area contributed by atoms with Gasteiger partial charge in [0.05, 0.1) is 19.8 Å². The van der Waals surface area contributed by atoms with E-state index in [4.69, 9.17) is 14.6 Å². The van der Waals surface area contributed by atoms with Gasteiger partial charge in [-0.05, 0) is 30.3 Å². The Morgan fingerprint density at radius 3 is 2.69 bits per heavy atom. The molecule has 0 aliphatic carbocycles. The first-order chi connectivity index (χ1) is 12.5. The summed E-state index contributed by atoms with van der Waals surface area (Å²) in [5, 5.41) is 21.4. The average molecular weight is 361 g/mol. The average Bonchev–Trinajstić information content (AvgIpc) is 3.02. The topological polar surface area (TPSA) is 123 Å². The summed E-state index contributed by atoms with van der Waals surface area (Å²) in [5.74, 6) is 0.316. The van der Waals surface area contributed by atoms with Gasteiger partial charge in [-0.2, -0.15) is 4.98 Å². The van der Waals surface area contributed by atoms with Crippen molar-refractivity contribution in [3.8, 4) is 5.75 Å². The third kappa shape index (κ3) is 3.74. The summed E-state index contributed by atoms with van der Waals surface area (Å²) >= 11 is 0. The zero-order valence-electron chi connectivity index (χ0n) is 14.0. The lowest BCUT2D eigenvalue weighted by atomic mass is 10.2. The van der Waals surface area contributed by atoms with E-state index >= 15 is 0 Å². The fourth-order valence-electron chi connectivity index (χ4n) is 2.68. The van der Waals surface area contributed by atoms with Gasteiger partial charge in [0.25, 0.3) is 5.91 Å². The number of benzene rings is 1. The summed E-state index contributed by atoms with van der Waals surface area (Å²) < 4.78 is 11.7. The number of aliphatic hydroxyl groups is 2. The van der Waals surface area contributed by atoms with Crippen molar-refractivity contribution in [3.05, 3.63) is 52.6 Å². The third-order valence-corrected chi connectivity index (χ3v) is 4.12. The van der Waals surface area contributed by atoms with Crippen LogP contribution in [0.4, 0.5) is 5.82 Å². The highest BCUT2D eigenvalue weighted by molar-refractivity contribution is 6.03. The number of aliphatic hydroxyl groups excluding tert-OH is 2. The van der Waals surface area contributed by atoms with E-state index in [1.54, 1.807) is 24.3 Å². The Hall–Kier alpha value is -2.75. The van der Waals surface area contributed by atoms with Crippen LogP contribution in [0.1, 0.15) is 23.0 Å². The summed E-state index contributed by atoms with van der Waals surface area (Å²) in [6, 6.07) is 7.96. The maximum absolute atomic E-state index is 12.2. The second-order valence-corrected chi connectivity index (χ2v) is 5.80. The molecular weight excluding hydrogens is 342 g/mol. The molecule has 0 saturated carbocycles. The maximum Gasteiger partial charge on any atom is 0.351 e. The molecule has 1 fully saturated rings. The molecule has 1 aliphatic rings. The van der Waals surface area contributed by atoms with E-state index in [0.29, 0.717) is 11.3 Å². The second-order valence-electron chi connectivity index (χ2n) is 5.80. The van der Waals surface area contributed by atoms with E-state index in [-0.39, 0.29) is 18.8 Å². The van der Waals surface area contributed by atoms with Gasteiger partial charge in [-0.15, -0.1) is 0 Å². The Labute approximate surface area is 148 Å². The fourth-order valence-corrected chi connectivity index (χ4v) is 2.68. The Morgan fingerprint density at radius 1 is 1.38 bits per heavy atom. The SMILES string of the molecule is COc1ccc(C(=O)Nc2ccn([C@H]3CC(O)[C@@H](CO)O3)c(=O)n2)cc1. The summed E-state index contributed by atoms with van der Waals surface area (Å²) in [4.78, 5) is 28.2. The quantitative estimate of drug-likeness (QED) is 0.692. The van der Waals surface area contributed by atoms with Gasteiger partial charge in [-0.1, -0.05) is 0 Å². The van der Waals surface area contributed by atoms with E-state index in [1.807, 2.05) is 0 Å². The minimum absolute atomic E-state index is 0.101. The van der Waals surface area contributed by atoms with Crippen molar-refractivity contribution < 1.29 is 24.5 Å². The lowest BCUT2D eigenvalue weighted by Crippen LogP contribution is -2.28. The van der Waals surface area contributed by atoms with Gasteiger partial charge in [-0.25, -0.2) is 4.79 Å². The standard InChI is InChI=1S/C17H19N3O6/c1-25-11-4-2-10(3-5-11)16(23)18-14-6-7-20(17(24)19-14)15-8-12(22)13(9-21)26-15/h2-7,12-13,15,21-22H,8-9H2,1H3,(H,18,19,23,24)/t12?,13-,15-/m1/s1. The minimum Gasteiger partial charge on any atom is -0.497 e. The minimum atomic E-state index is -0.855. The van der Waals surface area contributed by atoms with E-state index in [2.05, 4.69) is 10.3 Å². The van der Waals surface area contributed by atoms with E-state index in [9.17, 15) is 14.7 Å². The molecule has 3 N–H and O–H groups in total. The number of rotatable bonds is 5. The van der Waals surface area contributed by atoms with Gasteiger partial charge in [0.1, 0.15) is 23.9 Å². The highest BCUT2D eigenvalue weighted by Gasteiger charge is 2.34. The number of methoxy groups -OCH3 is 1. The third-order valence-electron chi connectivity index (χ3n) is 4.12. The van der Waals surface area contributed by atoms with Gasteiger partial charge in [0, 0.05) is 18.2 Å². The molecule has 1 saturated heterocycles. The summed E-state index contributed by atoms with van der Waals surface area (Å²) in [5.41, 5.74) is -0.238. The zero-order valence-corrected chi connectivity index (χ0v) is 14.0. The maximum atomic E-state index is 12.2. The highest BCUT2D eigenvalue weighted by atomic mass is 16.5. The lowest BCUT2D eigenvalue weighted by Gasteiger charge is -2.14.